The summed E-state index contributed by atoms with van der Waals surface area (Å²) in [5.74, 6) is -2.20. The van der Waals surface area contributed by atoms with E-state index in [1.165, 1.54) is 12.5 Å². The molecule has 2 rings (SSSR count). The summed E-state index contributed by atoms with van der Waals surface area (Å²) in [6.07, 6.45) is 5.32. The second-order valence-electron chi connectivity index (χ2n) is 4.93. The third-order valence-electron chi connectivity index (χ3n) is 3.40. The van der Waals surface area contributed by atoms with Gasteiger partial charge in [-0.05, 0) is 31.0 Å². The van der Waals surface area contributed by atoms with Crippen molar-refractivity contribution in [3.05, 3.63) is 29.6 Å². The van der Waals surface area contributed by atoms with Crippen molar-refractivity contribution in [1.82, 2.24) is 5.32 Å². The normalized spacial score (nSPS) is 15.7. The van der Waals surface area contributed by atoms with Crippen molar-refractivity contribution in [1.29, 1.82) is 0 Å². The van der Waals surface area contributed by atoms with Gasteiger partial charge in [-0.15, -0.1) is 0 Å². The molecule has 1 aromatic rings. The van der Waals surface area contributed by atoms with Gasteiger partial charge in [-0.3, -0.25) is 0 Å². The second-order valence-corrected chi connectivity index (χ2v) is 4.93. The summed E-state index contributed by atoms with van der Waals surface area (Å²) in [4.78, 5) is 22.4. The minimum Gasteiger partial charge on any atom is -0.478 e. The molecular formula is C14H17FN2O3. The van der Waals surface area contributed by atoms with Crippen LogP contribution in [0, 0.1) is 5.82 Å². The molecule has 0 heterocycles. The molecule has 3 N–H and O–H groups in total. The average molecular weight is 280 g/mol. The minimum atomic E-state index is -1.33. The monoisotopic (exact) mass is 280 g/mol. The van der Waals surface area contributed by atoms with E-state index in [1.54, 1.807) is 0 Å². The smallest absolute Gasteiger partial charge is 0.338 e. The predicted molar refractivity (Wildman–Crippen MR) is 72.4 cm³/mol. The molecule has 5 nitrogen and oxygen atoms in total. The first-order chi connectivity index (χ1) is 9.56. The standard InChI is InChI=1S/C14H17FN2O3/c15-12-8-10(6-7-11(12)13(18)19)17-14(20)16-9-4-2-1-3-5-9/h6-9H,1-5H2,(H,18,19)(H2,16,17,20). The molecule has 1 aromatic carbocycles. The van der Waals surface area contributed by atoms with E-state index < -0.39 is 17.3 Å². The Morgan fingerprint density at radius 1 is 1.20 bits per heavy atom. The number of carboxylic acids is 1. The van der Waals surface area contributed by atoms with Crippen LogP contribution in [0.1, 0.15) is 42.5 Å². The fraction of sp³-hybridized carbons (Fsp3) is 0.429. The molecule has 0 radical (unpaired) electrons. The van der Waals surface area contributed by atoms with Crippen LogP contribution >= 0.6 is 0 Å². The summed E-state index contributed by atoms with van der Waals surface area (Å²) >= 11 is 0. The zero-order chi connectivity index (χ0) is 14.5. The van der Waals surface area contributed by atoms with Gasteiger partial charge in [0.25, 0.3) is 0 Å². The van der Waals surface area contributed by atoms with Crippen LogP contribution in [0.25, 0.3) is 0 Å². The Bertz CT molecular complexity index is 513. The number of carboxylic acid groups (broad SMARTS) is 1. The van der Waals surface area contributed by atoms with Crippen molar-refractivity contribution >= 4 is 17.7 Å². The zero-order valence-electron chi connectivity index (χ0n) is 11.0. The fourth-order valence-electron chi connectivity index (χ4n) is 2.37. The Kier molecular flexibility index (Phi) is 4.55. The molecule has 1 aliphatic rings. The number of benzene rings is 1. The van der Waals surface area contributed by atoms with Gasteiger partial charge in [-0.1, -0.05) is 19.3 Å². The highest BCUT2D eigenvalue weighted by Gasteiger charge is 2.16. The lowest BCUT2D eigenvalue weighted by atomic mass is 9.96. The SMILES string of the molecule is O=C(Nc1ccc(C(=O)O)c(F)c1)NC1CCCCC1. The summed E-state index contributed by atoms with van der Waals surface area (Å²) in [5.41, 5.74) is -0.177. The maximum atomic E-state index is 13.5. The van der Waals surface area contributed by atoms with E-state index in [0.29, 0.717) is 0 Å². The van der Waals surface area contributed by atoms with Gasteiger partial charge >= 0.3 is 12.0 Å². The number of rotatable bonds is 3. The van der Waals surface area contributed by atoms with Crippen LogP contribution in [0.2, 0.25) is 0 Å². The Morgan fingerprint density at radius 3 is 2.50 bits per heavy atom. The summed E-state index contributed by atoms with van der Waals surface area (Å²) in [7, 11) is 0. The summed E-state index contributed by atoms with van der Waals surface area (Å²) < 4.78 is 13.5. The molecule has 0 aliphatic heterocycles. The van der Waals surface area contributed by atoms with Gasteiger partial charge in [0.2, 0.25) is 0 Å². The van der Waals surface area contributed by atoms with Gasteiger partial charge in [-0.2, -0.15) is 0 Å². The molecule has 20 heavy (non-hydrogen) atoms. The topological polar surface area (TPSA) is 78.4 Å². The summed E-state index contributed by atoms with van der Waals surface area (Å²) in [6.45, 7) is 0. The van der Waals surface area contributed by atoms with Crippen LogP contribution in [0.4, 0.5) is 14.9 Å². The Morgan fingerprint density at radius 2 is 1.90 bits per heavy atom. The minimum absolute atomic E-state index is 0.159. The van der Waals surface area contributed by atoms with Gasteiger partial charge in [0.1, 0.15) is 5.82 Å². The summed E-state index contributed by atoms with van der Waals surface area (Å²) in [6, 6.07) is 3.27. The lowest BCUT2D eigenvalue weighted by molar-refractivity contribution is 0.0692. The molecular weight excluding hydrogens is 263 g/mol. The van der Waals surface area contributed by atoms with E-state index in [1.807, 2.05) is 0 Å². The number of nitrogens with one attached hydrogen (secondary N) is 2. The molecule has 1 fully saturated rings. The van der Waals surface area contributed by atoms with Crippen molar-refractivity contribution in [2.45, 2.75) is 38.1 Å². The van der Waals surface area contributed by atoms with Gasteiger partial charge in [0, 0.05) is 11.7 Å². The number of carbonyl (C=O) groups excluding carboxylic acids is 1. The van der Waals surface area contributed by atoms with Gasteiger partial charge in [0.15, 0.2) is 0 Å². The molecule has 1 saturated carbocycles. The van der Waals surface area contributed by atoms with E-state index in [4.69, 9.17) is 5.11 Å². The molecule has 0 spiro atoms. The van der Waals surface area contributed by atoms with E-state index in [0.717, 1.165) is 37.8 Å². The number of halogens is 1. The average Bonchev–Trinajstić information content (AvgIpc) is 2.39. The van der Waals surface area contributed by atoms with Crippen LogP contribution in [0.15, 0.2) is 18.2 Å². The molecule has 0 saturated heterocycles. The number of hydrogen-bond donors (Lipinski definition) is 3. The first-order valence-electron chi connectivity index (χ1n) is 6.66. The van der Waals surface area contributed by atoms with Gasteiger partial charge in [0.05, 0.1) is 5.56 Å². The van der Waals surface area contributed by atoms with Crippen LogP contribution in [-0.2, 0) is 0 Å². The fourth-order valence-corrected chi connectivity index (χ4v) is 2.37. The quantitative estimate of drug-likeness (QED) is 0.796. The Hall–Kier alpha value is -2.11. The van der Waals surface area contributed by atoms with Crippen LogP contribution in [0.3, 0.4) is 0 Å². The Balaban J connectivity index is 1.93. The van der Waals surface area contributed by atoms with E-state index >= 15 is 0 Å². The van der Waals surface area contributed by atoms with E-state index in [9.17, 15) is 14.0 Å². The van der Waals surface area contributed by atoms with Crippen LogP contribution < -0.4 is 10.6 Å². The van der Waals surface area contributed by atoms with Crippen molar-refractivity contribution in [2.24, 2.45) is 0 Å². The third kappa shape index (κ3) is 3.69. The number of anilines is 1. The van der Waals surface area contributed by atoms with Gasteiger partial charge in [-0.25, -0.2) is 14.0 Å². The molecule has 108 valence electrons. The van der Waals surface area contributed by atoms with Crippen molar-refractivity contribution < 1.29 is 19.1 Å². The number of hydrogen-bond acceptors (Lipinski definition) is 2. The summed E-state index contributed by atoms with van der Waals surface area (Å²) in [5, 5.41) is 14.1. The van der Waals surface area contributed by atoms with Crippen molar-refractivity contribution in [3.8, 4) is 0 Å². The maximum Gasteiger partial charge on any atom is 0.338 e. The first kappa shape index (κ1) is 14.3. The molecule has 0 unspecified atom stereocenters. The highest BCUT2D eigenvalue weighted by Crippen LogP contribution is 2.18. The highest BCUT2D eigenvalue weighted by atomic mass is 19.1. The molecule has 0 atom stereocenters. The number of carbonyl (C=O) groups is 2. The van der Waals surface area contributed by atoms with Crippen molar-refractivity contribution in [2.75, 3.05) is 5.32 Å². The van der Waals surface area contributed by atoms with Crippen LogP contribution in [-0.4, -0.2) is 23.1 Å². The molecule has 6 heteroatoms. The number of urea groups is 1. The first-order valence-corrected chi connectivity index (χ1v) is 6.66. The van der Waals surface area contributed by atoms with Crippen LogP contribution in [0.5, 0.6) is 0 Å². The molecule has 0 bridgehead atoms. The second kappa shape index (κ2) is 6.36. The predicted octanol–water partition coefficient (Wildman–Crippen LogP) is 2.98. The maximum absolute atomic E-state index is 13.5. The Labute approximate surface area is 116 Å². The lowest BCUT2D eigenvalue weighted by Crippen LogP contribution is -2.39. The highest BCUT2D eigenvalue weighted by molar-refractivity contribution is 5.91. The lowest BCUT2D eigenvalue weighted by Gasteiger charge is -2.22. The third-order valence-corrected chi connectivity index (χ3v) is 3.40. The molecule has 0 aromatic heterocycles. The molecule has 2 amide bonds. The van der Waals surface area contributed by atoms with Gasteiger partial charge < -0.3 is 15.7 Å². The van der Waals surface area contributed by atoms with Crippen molar-refractivity contribution in [3.63, 3.8) is 0 Å². The molecule has 1 aliphatic carbocycles. The number of amides is 2. The zero-order valence-corrected chi connectivity index (χ0v) is 11.0. The largest absolute Gasteiger partial charge is 0.478 e. The van der Waals surface area contributed by atoms with E-state index in [-0.39, 0.29) is 17.8 Å². The number of aromatic carboxylic acids is 1. The van der Waals surface area contributed by atoms with E-state index in [2.05, 4.69) is 10.6 Å².